The molecular formula is C14H13BrN2O2. The van der Waals surface area contributed by atoms with E-state index in [1.54, 1.807) is 24.3 Å². The van der Waals surface area contributed by atoms with Gasteiger partial charge in [0.25, 0.3) is 0 Å². The lowest BCUT2D eigenvalue weighted by molar-refractivity contribution is 0.155. The molecule has 0 atom stereocenters. The lowest BCUT2D eigenvalue weighted by atomic mass is 10.2. The molecule has 19 heavy (non-hydrogen) atoms. The highest BCUT2D eigenvalue weighted by molar-refractivity contribution is 9.10. The third-order valence-corrected chi connectivity index (χ3v) is 2.91. The van der Waals surface area contributed by atoms with Crippen LogP contribution < -0.4 is 11.1 Å². The fraction of sp³-hybridized carbons (Fsp3) is 0.0714. The fourth-order valence-corrected chi connectivity index (χ4v) is 1.94. The molecule has 0 bridgehead atoms. The number of nitrogens with two attached hydrogens (primary N) is 1. The topological polar surface area (TPSA) is 64.3 Å². The van der Waals surface area contributed by atoms with E-state index in [1.165, 1.54) is 0 Å². The van der Waals surface area contributed by atoms with Crippen molar-refractivity contribution in [2.24, 2.45) is 0 Å². The van der Waals surface area contributed by atoms with Crippen LogP contribution >= 0.6 is 15.9 Å². The number of nitrogen functional groups attached to an aromatic ring is 1. The standard InChI is InChI=1S/C14H13BrN2O2/c15-11-3-1-2-10(8-11)9-19-14(18)17-13-6-4-12(16)5-7-13/h1-8H,9,16H2,(H,17,18). The summed E-state index contributed by atoms with van der Waals surface area (Å²) in [5, 5.41) is 2.63. The van der Waals surface area contributed by atoms with Crippen LogP contribution in [0.3, 0.4) is 0 Å². The second-order valence-electron chi connectivity index (χ2n) is 3.95. The molecule has 0 radical (unpaired) electrons. The predicted octanol–water partition coefficient (Wildman–Crippen LogP) is 3.78. The van der Waals surface area contributed by atoms with Gasteiger partial charge in [0.1, 0.15) is 6.61 Å². The monoisotopic (exact) mass is 320 g/mol. The summed E-state index contributed by atoms with van der Waals surface area (Å²) in [6.07, 6.45) is -0.496. The van der Waals surface area contributed by atoms with Crippen LogP contribution in [0.5, 0.6) is 0 Å². The summed E-state index contributed by atoms with van der Waals surface area (Å²) in [4.78, 5) is 11.6. The van der Waals surface area contributed by atoms with Crippen molar-refractivity contribution in [3.05, 3.63) is 58.6 Å². The van der Waals surface area contributed by atoms with E-state index in [2.05, 4.69) is 21.2 Å². The van der Waals surface area contributed by atoms with E-state index in [4.69, 9.17) is 10.5 Å². The first-order valence-corrected chi connectivity index (χ1v) is 6.46. The molecule has 0 unspecified atom stereocenters. The van der Waals surface area contributed by atoms with Crippen LogP contribution in [0.25, 0.3) is 0 Å². The number of benzene rings is 2. The Hall–Kier alpha value is -2.01. The Labute approximate surface area is 119 Å². The minimum Gasteiger partial charge on any atom is -0.444 e. The van der Waals surface area contributed by atoms with Crippen molar-refractivity contribution < 1.29 is 9.53 Å². The van der Waals surface area contributed by atoms with Gasteiger partial charge in [0.2, 0.25) is 0 Å². The first-order valence-electron chi connectivity index (χ1n) is 5.67. The van der Waals surface area contributed by atoms with Gasteiger partial charge < -0.3 is 10.5 Å². The molecule has 0 heterocycles. The van der Waals surface area contributed by atoms with E-state index in [1.807, 2.05) is 24.3 Å². The Morgan fingerprint density at radius 2 is 1.95 bits per heavy atom. The first kappa shape index (κ1) is 13.4. The number of amides is 1. The van der Waals surface area contributed by atoms with Gasteiger partial charge in [-0.3, -0.25) is 5.32 Å². The lowest BCUT2D eigenvalue weighted by Gasteiger charge is -2.07. The number of ether oxygens (including phenoxy) is 1. The zero-order valence-corrected chi connectivity index (χ0v) is 11.7. The maximum atomic E-state index is 11.6. The highest BCUT2D eigenvalue weighted by Crippen LogP contribution is 2.13. The summed E-state index contributed by atoms with van der Waals surface area (Å²) in [6, 6.07) is 14.5. The molecule has 3 N–H and O–H groups in total. The fourth-order valence-electron chi connectivity index (χ4n) is 1.50. The van der Waals surface area contributed by atoms with E-state index in [9.17, 15) is 4.79 Å². The number of rotatable bonds is 3. The molecule has 0 fully saturated rings. The summed E-state index contributed by atoms with van der Waals surface area (Å²) in [6.45, 7) is 0.222. The van der Waals surface area contributed by atoms with Gasteiger partial charge in [0.15, 0.2) is 0 Å². The SMILES string of the molecule is Nc1ccc(NC(=O)OCc2cccc(Br)c2)cc1. The summed E-state index contributed by atoms with van der Waals surface area (Å²) in [7, 11) is 0. The van der Waals surface area contributed by atoms with Gasteiger partial charge in [-0.15, -0.1) is 0 Å². The van der Waals surface area contributed by atoms with Crippen LogP contribution in [-0.2, 0) is 11.3 Å². The number of nitrogens with one attached hydrogen (secondary N) is 1. The third kappa shape index (κ3) is 4.30. The van der Waals surface area contributed by atoms with Crippen LogP contribution in [0.15, 0.2) is 53.0 Å². The maximum absolute atomic E-state index is 11.6. The van der Waals surface area contributed by atoms with Crippen LogP contribution in [-0.4, -0.2) is 6.09 Å². The Bertz CT molecular complexity index is 570. The van der Waals surface area contributed by atoms with E-state index >= 15 is 0 Å². The molecule has 5 heteroatoms. The van der Waals surface area contributed by atoms with Gasteiger partial charge in [-0.05, 0) is 42.0 Å². The van der Waals surface area contributed by atoms with E-state index < -0.39 is 6.09 Å². The van der Waals surface area contributed by atoms with Crippen LogP contribution in [0, 0.1) is 0 Å². The van der Waals surface area contributed by atoms with Crippen molar-refractivity contribution in [2.75, 3.05) is 11.1 Å². The van der Waals surface area contributed by atoms with Crippen LogP contribution in [0.1, 0.15) is 5.56 Å². The third-order valence-electron chi connectivity index (χ3n) is 2.42. The lowest BCUT2D eigenvalue weighted by Crippen LogP contribution is -2.13. The molecule has 2 rings (SSSR count). The summed E-state index contributed by atoms with van der Waals surface area (Å²) >= 11 is 3.36. The van der Waals surface area contributed by atoms with Crippen molar-refractivity contribution in [1.82, 2.24) is 0 Å². The molecule has 2 aromatic rings. The van der Waals surface area contributed by atoms with Crippen molar-refractivity contribution in [3.63, 3.8) is 0 Å². The first-order chi connectivity index (χ1) is 9.13. The van der Waals surface area contributed by atoms with Gasteiger partial charge in [-0.1, -0.05) is 28.1 Å². The minimum absolute atomic E-state index is 0.222. The van der Waals surface area contributed by atoms with Gasteiger partial charge in [-0.25, -0.2) is 4.79 Å². The van der Waals surface area contributed by atoms with Crippen molar-refractivity contribution >= 4 is 33.4 Å². The average molecular weight is 321 g/mol. The molecule has 0 saturated heterocycles. The Balaban J connectivity index is 1.86. The Morgan fingerprint density at radius 1 is 1.21 bits per heavy atom. The smallest absolute Gasteiger partial charge is 0.411 e. The van der Waals surface area contributed by atoms with Gasteiger partial charge >= 0.3 is 6.09 Å². The zero-order valence-electron chi connectivity index (χ0n) is 10.1. The minimum atomic E-state index is -0.496. The van der Waals surface area contributed by atoms with Crippen LogP contribution in [0.2, 0.25) is 0 Å². The molecule has 0 saturated carbocycles. The Kier molecular flexibility index (Phi) is 4.41. The normalized spacial score (nSPS) is 9.95. The number of anilines is 2. The van der Waals surface area contributed by atoms with E-state index in [0.29, 0.717) is 11.4 Å². The largest absolute Gasteiger partial charge is 0.444 e. The molecule has 4 nitrogen and oxygen atoms in total. The molecule has 0 spiro atoms. The van der Waals surface area contributed by atoms with Crippen molar-refractivity contribution in [1.29, 1.82) is 0 Å². The summed E-state index contributed by atoms with van der Waals surface area (Å²) < 4.78 is 6.07. The number of carbonyl (C=O) groups excluding carboxylic acids is 1. The molecule has 2 aromatic carbocycles. The maximum Gasteiger partial charge on any atom is 0.411 e. The van der Waals surface area contributed by atoms with Crippen LogP contribution in [0.4, 0.5) is 16.2 Å². The van der Waals surface area contributed by atoms with Gasteiger partial charge in [0.05, 0.1) is 0 Å². The molecule has 1 amide bonds. The summed E-state index contributed by atoms with van der Waals surface area (Å²) in [5.41, 5.74) is 7.77. The second kappa shape index (κ2) is 6.24. The molecule has 98 valence electrons. The number of carbonyl (C=O) groups is 1. The number of hydrogen-bond acceptors (Lipinski definition) is 3. The molecule has 0 aliphatic rings. The number of halogens is 1. The highest BCUT2D eigenvalue weighted by Gasteiger charge is 2.03. The quantitative estimate of drug-likeness (QED) is 0.846. The average Bonchev–Trinajstić information content (AvgIpc) is 2.39. The molecule has 0 aliphatic heterocycles. The van der Waals surface area contributed by atoms with Gasteiger partial charge in [-0.2, -0.15) is 0 Å². The molecule has 0 aromatic heterocycles. The van der Waals surface area contributed by atoms with Crippen molar-refractivity contribution in [2.45, 2.75) is 6.61 Å². The van der Waals surface area contributed by atoms with Crippen molar-refractivity contribution in [3.8, 4) is 0 Å². The highest BCUT2D eigenvalue weighted by atomic mass is 79.9. The second-order valence-corrected chi connectivity index (χ2v) is 4.87. The zero-order chi connectivity index (χ0) is 13.7. The molecule has 0 aliphatic carbocycles. The van der Waals surface area contributed by atoms with Gasteiger partial charge in [0, 0.05) is 15.8 Å². The Morgan fingerprint density at radius 3 is 2.63 bits per heavy atom. The van der Waals surface area contributed by atoms with E-state index in [-0.39, 0.29) is 6.61 Å². The number of hydrogen-bond donors (Lipinski definition) is 2. The predicted molar refractivity (Wildman–Crippen MR) is 78.8 cm³/mol. The summed E-state index contributed by atoms with van der Waals surface area (Å²) in [5.74, 6) is 0. The molecular weight excluding hydrogens is 308 g/mol. The van der Waals surface area contributed by atoms with E-state index in [0.717, 1.165) is 10.0 Å².